The molecule has 0 bridgehead atoms. The van der Waals surface area contributed by atoms with E-state index in [1.807, 2.05) is 13.0 Å². The van der Waals surface area contributed by atoms with Crippen LogP contribution >= 0.6 is 11.6 Å². The number of unbranched alkanes of at least 4 members (excludes halogenated alkanes) is 1. The van der Waals surface area contributed by atoms with E-state index in [0.717, 1.165) is 11.0 Å². The number of carbonyl (C=O) groups is 1. The first-order valence-corrected chi connectivity index (χ1v) is 13.6. The molecular weight excluding hydrogens is 573 g/mol. The van der Waals surface area contributed by atoms with Crippen molar-refractivity contribution in [1.82, 2.24) is 9.55 Å². The third-order valence-corrected chi connectivity index (χ3v) is 7.74. The van der Waals surface area contributed by atoms with Gasteiger partial charge in [-0.2, -0.15) is 13.2 Å². The maximum absolute atomic E-state index is 13.7. The fraction of sp³-hybridized carbons (Fsp3) is 0.192. The molecule has 0 spiro atoms. The summed E-state index contributed by atoms with van der Waals surface area (Å²) in [6.45, 7) is 2.31. The van der Waals surface area contributed by atoms with Gasteiger partial charge in [0, 0.05) is 11.9 Å². The van der Waals surface area contributed by atoms with E-state index in [9.17, 15) is 26.4 Å². The molecule has 40 heavy (non-hydrogen) atoms. The number of hydrogen-bond acceptors (Lipinski definition) is 5. The van der Waals surface area contributed by atoms with Crippen LogP contribution in [0.15, 0.2) is 82.5 Å². The van der Waals surface area contributed by atoms with E-state index in [1.165, 1.54) is 22.5 Å². The molecular formula is C26H24ClF3N4O5S. The van der Waals surface area contributed by atoms with Crippen molar-refractivity contribution in [3.63, 3.8) is 0 Å². The van der Waals surface area contributed by atoms with Gasteiger partial charge in [-0.05, 0) is 48.9 Å². The quantitative estimate of drug-likeness (QED) is 0.273. The first-order valence-electron chi connectivity index (χ1n) is 11.8. The zero-order valence-electron chi connectivity index (χ0n) is 20.9. The number of anilines is 1. The van der Waals surface area contributed by atoms with Crippen molar-refractivity contribution in [1.29, 1.82) is 5.41 Å². The number of sulfonamides is 1. The van der Waals surface area contributed by atoms with Gasteiger partial charge in [0.1, 0.15) is 5.49 Å². The minimum absolute atomic E-state index is 0.0127. The first kappa shape index (κ1) is 30.4. The summed E-state index contributed by atoms with van der Waals surface area (Å²) < 4.78 is 61.5. The van der Waals surface area contributed by atoms with Crippen LogP contribution in [0.3, 0.4) is 0 Å². The van der Waals surface area contributed by atoms with E-state index in [1.54, 1.807) is 48.5 Å². The Hall–Kier alpha value is -4.10. The van der Waals surface area contributed by atoms with Gasteiger partial charge in [-0.3, -0.25) is 9.71 Å². The summed E-state index contributed by atoms with van der Waals surface area (Å²) in [5, 5.41) is 16.4. The normalized spacial score (nSPS) is 11.5. The standard InChI is InChI=1S/C24H23ClN4O3S.C2HF3O2/c1-2-3-15-28(17-9-5-4-6-10-17)33(31,32)18-13-14-20(25)22(16-18)29-23(26)19-11-7-8-12-21(19)27-24(29)30;3-2(4,5)1(6)7/h4-14,16,26H,2-3,15H2,1H3,(H,27,30);(H,6,7). The number of nitrogens with zero attached hydrogens (tertiary/aromatic N) is 2. The monoisotopic (exact) mass is 596 g/mol. The molecule has 3 N–H and O–H groups in total. The molecule has 0 aliphatic rings. The van der Waals surface area contributed by atoms with Crippen LogP contribution in [0.2, 0.25) is 5.02 Å². The number of hydrogen-bond donors (Lipinski definition) is 3. The number of aliphatic carboxylic acids is 1. The van der Waals surface area contributed by atoms with E-state index in [0.29, 0.717) is 29.6 Å². The molecule has 3 aromatic carbocycles. The van der Waals surface area contributed by atoms with E-state index >= 15 is 0 Å². The molecule has 1 aromatic heterocycles. The van der Waals surface area contributed by atoms with Crippen LogP contribution in [-0.2, 0) is 14.8 Å². The van der Waals surface area contributed by atoms with E-state index in [2.05, 4.69) is 4.98 Å². The number of carboxylic acid groups (broad SMARTS) is 1. The smallest absolute Gasteiger partial charge is 0.475 e. The number of rotatable bonds is 7. The number of para-hydroxylation sites is 2. The van der Waals surface area contributed by atoms with Gasteiger partial charge in [0.2, 0.25) is 0 Å². The second-order valence-corrected chi connectivity index (χ2v) is 10.6. The molecule has 9 nitrogen and oxygen atoms in total. The summed E-state index contributed by atoms with van der Waals surface area (Å²) in [5.41, 5.74) is 0.522. The molecule has 0 saturated carbocycles. The van der Waals surface area contributed by atoms with Crippen molar-refractivity contribution >= 4 is 44.2 Å². The van der Waals surface area contributed by atoms with Gasteiger partial charge in [-0.1, -0.05) is 55.3 Å². The van der Waals surface area contributed by atoms with Gasteiger partial charge in [0.25, 0.3) is 10.0 Å². The highest BCUT2D eigenvalue weighted by molar-refractivity contribution is 7.92. The van der Waals surface area contributed by atoms with Crippen LogP contribution in [0.4, 0.5) is 18.9 Å². The molecule has 0 unspecified atom stereocenters. The zero-order chi connectivity index (χ0) is 29.7. The van der Waals surface area contributed by atoms with Gasteiger partial charge in [0.15, 0.2) is 0 Å². The molecule has 4 aromatic rings. The Kier molecular flexibility index (Phi) is 9.43. The summed E-state index contributed by atoms with van der Waals surface area (Å²) in [6, 6.07) is 20.0. The Bertz CT molecular complexity index is 1740. The maximum atomic E-state index is 13.7. The first-order chi connectivity index (χ1) is 18.8. The topological polar surface area (TPSA) is 136 Å². The highest BCUT2D eigenvalue weighted by Gasteiger charge is 2.38. The van der Waals surface area contributed by atoms with Crippen molar-refractivity contribution in [2.75, 3.05) is 10.8 Å². The number of benzene rings is 3. The van der Waals surface area contributed by atoms with Crippen LogP contribution in [-0.4, -0.2) is 41.8 Å². The minimum Gasteiger partial charge on any atom is -0.475 e. The Labute approximate surface area is 231 Å². The summed E-state index contributed by atoms with van der Waals surface area (Å²) in [4.78, 5) is 24.4. The lowest BCUT2D eigenvalue weighted by molar-refractivity contribution is -0.192. The molecule has 1 heterocycles. The Morgan fingerprint density at radius 1 is 1.07 bits per heavy atom. The summed E-state index contributed by atoms with van der Waals surface area (Å²) in [7, 11) is -3.95. The van der Waals surface area contributed by atoms with Crippen molar-refractivity contribution in [3.05, 3.63) is 93.8 Å². The Morgan fingerprint density at radius 3 is 2.27 bits per heavy atom. The second kappa shape index (κ2) is 12.4. The van der Waals surface area contributed by atoms with Crippen LogP contribution in [0.1, 0.15) is 19.8 Å². The summed E-state index contributed by atoms with van der Waals surface area (Å²) in [5.74, 6) is -2.76. The number of nitrogens with one attached hydrogen (secondary N) is 2. The van der Waals surface area contributed by atoms with Crippen LogP contribution in [0.25, 0.3) is 16.6 Å². The Morgan fingerprint density at radius 2 is 1.68 bits per heavy atom. The zero-order valence-corrected chi connectivity index (χ0v) is 22.5. The summed E-state index contributed by atoms with van der Waals surface area (Å²) in [6.07, 6.45) is -3.57. The lowest BCUT2D eigenvalue weighted by Gasteiger charge is -2.25. The molecule has 0 atom stereocenters. The van der Waals surface area contributed by atoms with Gasteiger partial charge in [0.05, 0.1) is 26.8 Å². The number of H-pyrrole nitrogens is 1. The van der Waals surface area contributed by atoms with Crippen LogP contribution < -0.4 is 15.5 Å². The van der Waals surface area contributed by atoms with E-state index in [4.69, 9.17) is 26.9 Å². The average Bonchev–Trinajstić information content (AvgIpc) is 2.90. The number of aromatic nitrogens is 2. The van der Waals surface area contributed by atoms with E-state index < -0.39 is 27.9 Å². The SMILES string of the molecule is CCCCN(c1ccccc1)S(=O)(=O)c1ccc(Cl)c(-n2c(=O)[nH]c3ccccc3c2=N)c1.O=C(O)C(F)(F)F. The van der Waals surface area contributed by atoms with Crippen molar-refractivity contribution in [2.45, 2.75) is 30.8 Å². The Balaban J connectivity index is 0.000000559. The van der Waals surface area contributed by atoms with Crippen LogP contribution in [0, 0.1) is 5.41 Å². The van der Waals surface area contributed by atoms with Gasteiger partial charge < -0.3 is 10.1 Å². The molecule has 0 aliphatic heterocycles. The predicted octanol–water partition coefficient (Wildman–Crippen LogP) is 5.08. The van der Waals surface area contributed by atoms with Crippen molar-refractivity contribution in [2.24, 2.45) is 0 Å². The number of carboxylic acids is 1. The third kappa shape index (κ3) is 6.72. The number of alkyl halides is 3. The summed E-state index contributed by atoms with van der Waals surface area (Å²) >= 11 is 6.39. The molecule has 0 amide bonds. The minimum atomic E-state index is -5.08. The molecule has 0 aliphatic carbocycles. The molecule has 212 valence electrons. The highest BCUT2D eigenvalue weighted by atomic mass is 35.5. The molecule has 0 saturated heterocycles. The van der Waals surface area contributed by atoms with Gasteiger partial charge >= 0.3 is 17.8 Å². The molecule has 4 rings (SSSR count). The fourth-order valence-corrected chi connectivity index (χ4v) is 5.38. The molecule has 0 fully saturated rings. The second-order valence-electron chi connectivity index (χ2n) is 8.34. The molecule has 0 radical (unpaired) electrons. The number of aromatic amines is 1. The van der Waals surface area contributed by atoms with Gasteiger partial charge in [-0.25, -0.2) is 22.6 Å². The fourth-order valence-electron chi connectivity index (χ4n) is 3.66. The number of fused-ring (bicyclic) bond motifs is 1. The lowest BCUT2D eigenvalue weighted by atomic mass is 10.2. The third-order valence-electron chi connectivity index (χ3n) is 5.60. The van der Waals surface area contributed by atoms with E-state index in [-0.39, 0.29) is 21.1 Å². The van der Waals surface area contributed by atoms with Crippen LogP contribution in [0.5, 0.6) is 0 Å². The van der Waals surface area contributed by atoms with Crippen molar-refractivity contribution < 1.29 is 31.5 Å². The largest absolute Gasteiger partial charge is 0.490 e. The predicted molar refractivity (Wildman–Crippen MR) is 144 cm³/mol. The van der Waals surface area contributed by atoms with Crippen molar-refractivity contribution in [3.8, 4) is 5.69 Å². The molecule has 14 heteroatoms. The highest BCUT2D eigenvalue weighted by Crippen LogP contribution is 2.28. The number of halogens is 4. The lowest BCUT2D eigenvalue weighted by Crippen LogP contribution is -2.35. The average molecular weight is 597 g/mol. The van der Waals surface area contributed by atoms with Gasteiger partial charge in [-0.15, -0.1) is 0 Å². The maximum Gasteiger partial charge on any atom is 0.490 e.